The van der Waals surface area contributed by atoms with Crippen LogP contribution >= 0.6 is 15.9 Å². The topological polar surface area (TPSA) is 61.2 Å². The fourth-order valence-corrected chi connectivity index (χ4v) is 4.46. The number of nitrogens with zero attached hydrogens (tertiary/aromatic N) is 2. The Morgan fingerprint density at radius 2 is 1.88 bits per heavy atom. The minimum absolute atomic E-state index is 0.108. The third kappa shape index (κ3) is 2.82. The van der Waals surface area contributed by atoms with Crippen molar-refractivity contribution in [2.75, 3.05) is 6.61 Å². The molecule has 3 aromatic rings. The highest BCUT2D eigenvalue weighted by Gasteiger charge is 2.24. The number of aromatic nitrogens is 2. The summed E-state index contributed by atoms with van der Waals surface area (Å²) in [6.45, 7) is 6.12. The summed E-state index contributed by atoms with van der Waals surface area (Å²) in [7, 11) is -3.83. The van der Waals surface area contributed by atoms with Gasteiger partial charge in [0.15, 0.2) is 0 Å². The average molecular weight is 409 g/mol. The van der Waals surface area contributed by atoms with Gasteiger partial charge in [-0.15, -0.1) is 0 Å². The highest BCUT2D eigenvalue weighted by atomic mass is 79.9. The Balaban J connectivity index is 2.26. The fourth-order valence-electron chi connectivity index (χ4n) is 2.50. The molecule has 0 atom stereocenters. The molecular formula is C17H17BrN2O3S. The second-order valence-electron chi connectivity index (χ2n) is 5.49. The smallest absolute Gasteiger partial charge is 0.273 e. The Morgan fingerprint density at radius 3 is 2.58 bits per heavy atom. The summed E-state index contributed by atoms with van der Waals surface area (Å²) < 4.78 is 33.7. The largest absolute Gasteiger partial charge is 0.492 e. The van der Waals surface area contributed by atoms with Gasteiger partial charge in [-0.3, -0.25) is 0 Å². The summed E-state index contributed by atoms with van der Waals surface area (Å²) in [4.78, 5) is 4.35. The average Bonchev–Trinajstić information content (AvgIpc) is 2.93. The molecule has 0 aliphatic rings. The van der Waals surface area contributed by atoms with Gasteiger partial charge in [0, 0.05) is 4.47 Å². The molecule has 2 aromatic carbocycles. The number of benzene rings is 2. The van der Waals surface area contributed by atoms with E-state index in [1.165, 1.54) is 10.3 Å². The van der Waals surface area contributed by atoms with Gasteiger partial charge in [-0.05, 0) is 62.2 Å². The predicted molar refractivity (Wildman–Crippen MR) is 97.1 cm³/mol. The van der Waals surface area contributed by atoms with E-state index in [4.69, 9.17) is 4.74 Å². The highest BCUT2D eigenvalue weighted by molar-refractivity contribution is 9.10. The van der Waals surface area contributed by atoms with Crippen LogP contribution in [-0.4, -0.2) is 24.0 Å². The summed E-state index contributed by atoms with van der Waals surface area (Å²) in [5.74, 6) is 0.325. The molecule has 3 rings (SSSR count). The van der Waals surface area contributed by atoms with Crippen molar-refractivity contribution in [3.63, 3.8) is 0 Å². The number of rotatable bonds is 4. The number of fused-ring (bicyclic) bond motifs is 1. The molecule has 0 saturated carbocycles. The summed E-state index contributed by atoms with van der Waals surface area (Å²) >= 11 is 3.33. The van der Waals surface area contributed by atoms with Gasteiger partial charge in [-0.25, -0.2) is 17.4 Å². The SMILES string of the molecule is CCOc1ccc(Br)cc1S(=O)(=O)n1cnc2cc(C)c(C)cc21. The molecule has 1 heterocycles. The van der Waals surface area contributed by atoms with Crippen molar-refractivity contribution in [3.05, 3.63) is 52.3 Å². The molecule has 0 spiro atoms. The monoisotopic (exact) mass is 408 g/mol. The number of aryl methyl sites for hydroxylation is 2. The number of imidazole rings is 1. The van der Waals surface area contributed by atoms with E-state index >= 15 is 0 Å². The van der Waals surface area contributed by atoms with Crippen LogP contribution in [0.2, 0.25) is 0 Å². The lowest BCUT2D eigenvalue weighted by atomic mass is 10.1. The fraction of sp³-hybridized carbons (Fsp3) is 0.235. The van der Waals surface area contributed by atoms with Gasteiger partial charge < -0.3 is 4.74 Å². The third-order valence-electron chi connectivity index (χ3n) is 3.87. The van der Waals surface area contributed by atoms with Crippen LogP contribution in [0.4, 0.5) is 0 Å². The molecule has 0 N–H and O–H groups in total. The maximum Gasteiger partial charge on any atom is 0.273 e. The quantitative estimate of drug-likeness (QED) is 0.652. The van der Waals surface area contributed by atoms with Crippen molar-refractivity contribution in [1.82, 2.24) is 8.96 Å². The standard InChI is InChI=1S/C17H17BrN2O3S/c1-4-23-16-6-5-13(18)9-17(16)24(21,22)20-10-19-14-7-11(2)12(3)8-15(14)20/h5-10H,4H2,1-3H3. The minimum atomic E-state index is -3.83. The number of hydrogen-bond acceptors (Lipinski definition) is 4. The molecule has 0 unspecified atom stereocenters. The van der Waals surface area contributed by atoms with Crippen molar-refractivity contribution in [2.24, 2.45) is 0 Å². The Kier molecular flexibility index (Phi) is 4.40. The molecule has 7 heteroatoms. The third-order valence-corrected chi connectivity index (χ3v) is 6.05. The van der Waals surface area contributed by atoms with Gasteiger partial charge in [0.25, 0.3) is 10.0 Å². The summed E-state index contributed by atoms with van der Waals surface area (Å²) in [5.41, 5.74) is 3.29. The predicted octanol–water partition coefficient (Wildman–Crippen LogP) is 4.05. The van der Waals surface area contributed by atoms with E-state index in [9.17, 15) is 8.42 Å². The molecule has 0 fully saturated rings. The normalized spacial score (nSPS) is 11.8. The van der Waals surface area contributed by atoms with Gasteiger partial charge in [0.05, 0.1) is 17.6 Å². The number of hydrogen-bond donors (Lipinski definition) is 0. The first-order valence-corrected chi connectivity index (χ1v) is 9.70. The zero-order valence-electron chi connectivity index (χ0n) is 13.6. The second-order valence-corrected chi connectivity index (χ2v) is 8.19. The van der Waals surface area contributed by atoms with Crippen LogP contribution in [0.5, 0.6) is 5.75 Å². The molecule has 0 aliphatic carbocycles. The van der Waals surface area contributed by atoms with E-state index in [1.807, 2.05) is 32.9 Å². The van der Waals surface area contributed by atoms with Crippen molar-refractivity contribution >= 4 is 37.0 Å². The van der Waals surface area contributed by atoms with Crippen molar-refractivity contribution in [2.45, 2.75) is 25.7 Å². The van der Waals surface area contributed by atoms with E-state index in [0.717, 1.165) is 11.1 Å². The van der Waals surface area contributed by atoms with Crippen molar-refractivity contribution < 1.29 is 13.2 Å². The Labute approximate surface area is 149 Å². The molecule has 0 amide bonds. The van der Waals surface area contributed by atoms with Crippen LogP contribution in [-0.2, 0) is 10.0 Å². The van der Waals surface area contributed by atoms with Gasteiger partial charge in [0.1, 0.15) is 17.0 Å². The first kappa shape index (κ1) is 17.0. The van der Waals surface area contributed by atoms with Gasteiger partial charge in [-0.1, -0.05) is 15.9 Å². The van der Waals surface area contributed by atoms with Crippen LogP contribution in [0.1, 0.15) is 18.1 Å². The maximum absolute atomic E-state index is 13.2. The molecule has 5 nitrogen and oxygen atoms in total. The second kappa shape index (κ2) is 6.22. The first-order valence-electron chi connectivity index (χ1n) is 7.47. The van der Waals surface area contributed by atoms with Crippen molar-refractivity contribution in [1.29, 1.82) is 0 Å². The number of halogens is 1. The van der Waals surface area contributed by atoms with E-state index in [0.29, 0.717) is 27.9 Å². The zero-order valence-corrected chi connectivity index (χ0v) is 16.0. The maximum atomic E-state index is 13.2. The van der Waals surface area contributed by atoms with E-state index in [-0.39, 0.29) is 4.90 Å². The van der Waals surface area contributed by atoms with Gasteiger partial charge in [0.2, 0.25) is 0 Å². The molecule has 0 radical (unpaired) electrons. The summed E-state index contributed by atoms with van der Waals surface area (Å²) in [5, 5.41) is 0. The van der Waals surface area contributed by atoms with Crippen LogP contribution < -0.4 is 4.74 Å². The minimum Gasteiger partial charge on any atom is -0.492 e. The summed E-state index contributed by atoms with van der Waals surface area (Å²) in [6.07, 6.45) is 1.34. The summed E-state index contributed by atoms with van der Waals surface area (Å²) in [6, 6.07) is 8.68. The van der Waals surface area contributed by atoms with E-state index in [2.05, 4.69) is 20.9 Å². The molecule has 1 aromatic heterocycles. The van der Waals surface area contributed by atoms with Crippen LogP contribution in [0.3, 0.4) is 0 Å². The molecule has 24 heavy (non-hydrogen) atoms. The van der Waals surface area contributed by atoms with Crippen LogP contribution in [0.15, 0.2) is 46.0 Å². The Bertz CT molecular complexity index is 1030. The highest BCUT2D eigenvalue weighted by Crippen LogP contribution is 2.31. The number of ether oxygens (including phenoxy) is 1. The van der Waals surface area contributed by atoms with E-state index < -0.39 is 10.0 Å². The molecule has 0 bridgehead atoms. The Hall–Kier alpha value is -1.86. The molecule has 0 aliphatic heterocycles. The van der Waals surface area contributed by atoms with Crippen LogP contribution in [0.25, 0.3) is 11.0 Å². The van der Waals surface area contributed by atoms with Crippen LogP contribution in [0, 0.1) is 13.8 Å². The lowest BCUT2D eigenvalue weighted by Crippen LogP contribution is -2.13. The first-order chi connectivity index (χ1) is 11.3. The van der Waals surface area contributed by atoms with E-state index in [1.54, 1.807) is 18.2 Å². The zero-order chi connectivity index (χ0) is 17.5. The molecule has 0 saturated heterocycles. The van der Waals surface area contributed by atoms with Crippen molar-refractivity contribution in [3.8, 4) is 5.75 Å². The van der Waals surface area contributed by atoms with Gasteiger partial charge in [-0.2, -0.15) is 0 Å². The molecular weight excluding hydrogens is 392 g/mol. The lowest BCUT2D eigenvalue weighted by molar-refractivity contribution is 0.331. The lowest BCUT2D eigenvalue weighted by Gasteiger charge is -2.13. The Morgan fingerprint density at radius 1 is 1.17 bits per heavy atom. The van der Waals surface area contributed by atoms with Gasteiger partial charge >= 0.3 is 0 Å². The molecule has 126 valence electrons.